The Morgan fingerprint density at radius 3 is 2.22 bits per heavy atom. The highest BCUT2D eigenvalue weighted by atomic mass is 32.2. The summed E-state index contributed by atoms with van der Waals surface area (Å²) in [6.45, 7) is -0.157. The molecule has 0 amide bonds. The number of para-hydroxylation sites is 1. The second-order valence-electron chi connectivity index (χ2n) is 3.92. The van der Waals surface area contributed by atoms with Crippen LogP contribution in [0.5, 0.6) is 5.75 Å². The van der Waals surface area contributed by atoms with Gasteiger partial charge in [0, 0.05) is 19.8 Å². The Morgan fingerprint density at radius 1 is 1.17 bits per heavy atom. The van der Waals surface area contributed by atoms with Crippen LogP contribution in [0.3, 0.4) is 0 Å². The van der Waals surface area contributed by atoms with Crippen molar-refractivity contribution in [1.29, 1.82) is 0 Å². The predicted octanol–water partition coefficient (Wildman–Crippen LogP) is 0.0573. The molecule has 0 bridgehead atoms. The van der Waals surface area contributed by atoms with Crippen molar-refractivity contribution in [1.82, 2.24) is 4.31 Å². The number of phenolic OH excluding ortho intramolecular Hbond substituents is 1. The molecular weight excluding hydrogens is 278 g/mol. The molecule has 0 aliphatic heterocycles. The summed E-state index contributed by atoms with van der Waals surface area (Å²) in [5, 5.41) is 9.50. The Morgan fingerprint density at radius 2 is 1.72 bits per heavy atom. The Labute approximate surface area is 107 Å². The number of aromatic hydroxyl groups is 1. The largest absolute Gasteiger partial charge is 0.507 e. The van der Waals surface area contributed by atoms with Gasteiger partial charge < -0.3 is 5.11 Å². The summed E-state index contributed by atoms with van der Waals surface area (Å²) in [7, 11) is -5.84. The molecule has 0 unspecified atom stereocenters. The van der Waals surface area contributed by atoms with E-state index in [1.807, 2.05) is 0 Å². The fourth-order valence-electron chi connectivity index (χ4n) is 1.26. The van der Waals surface area contributed by atoms with Crippen molar-refractivity contribution in [3.63, 3.8) is 0 Å². The summed E-state index contributed by atoms with van der Waals surface area (Å²) in [6.07, 6.45) is 1.04. The molecule has 1 aromatic rings. The SMILES string of the molecule is CN(CCS(C)(=O)=O)S(=O)(=O)c1ccccc1O. The van der Waals surface area contributed by atoms with E-state index < -0.39 is 19.9 Å². The molecule has 0 heterocycles. The van der Waals surface area contributed by atoms with Crippen molar-refractivity contribution in [2.75, 3.05) is 25.6 Å². The van der Waals surface area contributed by atoms with Crippen LogP contribution in [0.25, 0.3) is 0 Å². The van der Waals surface area contributed by atoms with E-state index in [2.05, 4.69) is 0 Å². The minimum Gasteiger partial charge on any atom is -0.507 e. The van der Waals surface area contributed by atoms with Crippen LogP contribution in [-0.4, -0.2) is 51.8 Å². The Kier molecular flexibility index (Phi) is 4.36. The van der Waals surface area contributed by atoms with Crippen LogP contribution in [0.2, 0.25) is 0 Å². The molecule has 0 saturated heterocycles. The van der Waals surface area contributed by atoms with E-state index in [-0.39, 0.29) is 22.9 Å². The number of nitrogens with zero attached hydrogens (tertiary/aromatic N) is 1. The zero-order chi connectivity index (χ0) is 14.0. The molecule has 0 radical (unpaired) electrons. The van der Waals surface area contributed by atoms with E-state index in [1.165, 1.54) is 31.3 Å². The van der Waals surface area contributed by atoms with Gasteiger partial charge in [-0.2, -0.15) is 4.31 Å². The first-order valence-electron chi connectivity index (χ1n) is 5.06. The van der Waals surface area contributed by atoms with Crippen molar-refractivity contribution in [2.45, 2.75) is 4.90 Å². The van der Waals surface area contributed by atoms with Crippen LogP contribution >= 0.6 is 0 Å². The summed E-state index contributed by atoms with van der Waals surface area (Å²) in [6, 6.07) is 5.51. The first kappa shape index (κ1) is 14.9. The maximum Gasteiger partial charge on any atom is 0.246 e. The normalized spacial score (nSPS) is 12.8. The van der Waals surface area contributed by atoms with Gasteiger partial charge in [0.15, 0.2) is 0 Å². The second kappa shape index (κ2) is 5.25. The minimum atomic E-state index is -3.87. The molecule has 8 heteroatoms. The van der Waals surface area contributed by atoms with Crippen molar-refractivity contribution < 1.29 is 21.9 Å². The number of benzene rings is 1. The third-order valence-electron chi connectivity index (χ3n) is 2.33. The summed E-state index contributed by atoms with van der Waals surface area (Å²) < 4.78 is 47.0. The molecule has 0 atom stereocenters. The quantitative estimate of drug-likeness (QED) is 0.828. The van der Waals surface area contributed by atoms with Crippen LogP contribution in [0.4, 0.5) is 0 Å². The molecule has 0 spiro atoms. The van der Waals surface area contributed by atoms with Crippen LogP contribution < -0.4 is 0 Å². The van der Waals surface area contributed by atoms with Crippen LogP contribution in [0.15, 0.2) is 29.2 Å². The maximum atomic E-state index is 12.0. The lowest BCUT2D eigenvalue weighted by Crippen LogP contribution is -2.31. The number of hydrogen-bond donors (Lipinski definition) is 1. The monoisotopic (exact) mass is 293 g/mol. The molecule has 0 aliphatic carbocycles. The lowest BCUT2D eigenvalue weighted by molar-refractivity contribution is 0.446. The first-order valence-corrected chi connectivity index (χ1v) is 8.57. The lowest BCUT2D eigenvalue weighted by Gasteiger charge is -2.17. The smallest absolute Gasteiger partial charge is 0.246 e. The van der Waals surface area contributed by atoms with E-state index >= 15 is 0 Å². The Bertz CT molecular complexity index is 621. The van der Waals surface area contributed by atoms with Gasteiger partial charge in [-0.05, 0) is 12.1 Å². The van der Waals surface area contributed by atoms with Gasteiger partial charge in [-0.25, -0.2) is 16.8 Å². The molecule has 0 aromatic heterocycles. The van der Waals surface area contributed by atoms with E-state index in [0.717, 1.165) is 10.6 Å². The molecule has 6 nitrogen and oxygen atoms in total. The fourth-order valence-corrected chi connectivity index (χ4v) is 3.23. The van der Waals surface area contributed by atoms with Gasteiger partial charge in [0.25, 0.3) is 0 Å². The third kappa shape index (κ3) is 3.69. The molecule has 18 heavy (non-hydrogen) atoms. The molecule has 0 fully saturated rings. The highest BCUT2D eigenvalue weighted by molar-refractivity contribution is 7.91. The Balaban J connectivity index is 2.98. The number of hydrogen-bond acceptors (Lipinski definition) is 5. The van der Waals surface area contributed by atoms with Crippen molar-refractivity contribution in [3.05, 3.63) is 24.3 Å². The maximum absolute atomic E-state index is 12.0. The van der Waals surface area contributed by atoms with Gasteiger partial charge in [0.05, 0.1) is 5.75 Å². The summed E-state index contributed by atoms with van der Waals surface area (Å²) in [4.78, 5) is -0.235. The van der Waals surface area contributed by atoms with Crippen LogP contribution in [0.1, 0.15) is 0 Å². The molecular formula is C10H15NO5S2. The average molecular weight is 293 g/mol. The van der Waals surface area contributed by atoms with Gasteiger partial charge in [-0.1, -0.05) is 12.1 Å². The number of rotatable bonds is 5. The van der Waals surface area contributed by atoms with Gasteiger partial charge in [0.2, 0.25) is 10.0 Å². The molecule has 102 valence electrons. The van der Waals surface area contributed by atoms with Crippen molar-refractivity contribution in [2.24, 2.45) is 0 Å². The predicted molar refractivity (Wildman–Crippen MR) is 67.6 cm³/mol. The fraction of sp³-hybridized carbons (Fsp3) is 0.400. The number of sulfone groups is 1. The zero-order valence-corrected chi connectivity index (χ0v) is 11.7. The topological polar surface area (TPSA) is 91.8 Å². The zero-order valence-electron chi connectivity index (χ0n) is 10.1. The van der Waals surface area contributed by atoms with Crippen LogP contribution in [0, 0.1) is 0 Å². The van der Waals surface area contributed by atoms with Crippen molar-refractivity contribution in [3.8, 4) is 5.75 Å². The number of sulfonamides is 1. The molecule has 1 N–H and O–H groups in total. The highest BCUT2D eigenvalue weighted by Gasteiger charge is 2.24. The van der Waals surface area contributed by atoms with E-state index in [1.54, 1.807) is 0 Å². The Hall–Kier alpha value is -1.12. The van der Waals surface area contributed by atoms with Gasteiger partial charge in [-0.3, -0.25) is 0 Å². The first-order chi connectivity index (χ1) is 8.14. The highest BCUT2D eigenvalue weighted by Crippen LogP contribution is 2.24. The van der Waals surface area contributed by atoms with Gasteiger partial charge in [-0.15, -0.1) is 0 Å². The van der Waals surface area contributed by atoms with E-state index in [9.17, 15) is 21.9 Å². The van der Waals surface area contributed by atoms with Gasteiger partial charge in [0.1, 0.15) is 20.5 Å². The minimum absolute atomic E-state index is 0.157. The molecule has 0 saturated carbocycles. The standard InChI is InChI=1S/C10H15NO5S2/c1-11(7-8-17(2,13)14)18(15,16)10-6-4-3-5-9(10)12/h3-6,12H,7-8H2,1-2H3. The summed E-state index contributed by atoms with van der Waals surface area (Å²) >= 11 is 0. The summed E-state index contributed by atoms with van der Waals surface area (Å²) in [5.74, 6) is -0.625. The molecule has 1 rings (SSSR count). The van der Waals surface area contributed by atoms with E-state index in [4.69, 9.17) is 0 Å². The number of phenols is 1. The second-order valence-corrected chi connectivity index (χ2v) is 8.20. The van der Waals surface area contributed by atoms with Crippen LogP contribution in [-0.2, 0) is 19.9 Å². The third-order valence-corrected chi connectivity index (χ3v) is 5.16. The molecule has 0 aliphatic rings. The van der Waals surface area contributed by atoms with Gasteiger partial charge >= 0.3 is 0 Å². The lowest BCUT2D eigenvalue weighted by atomic mass is 10.3. The summed E-state index contributed by atoms with van der Waals surface area (Å²) in [5.41, 5.74) is 0. The van der Waals surface area contributed by atoms with Crippen molar-refractivity contribution >= 4 is 19.9 Å². The molecule has 1 aromatic carbocycles. The average Bonchev–Trinajstić information content (AvgIpc) is 2.25. The van der Waals surface area contributed by atoms with E-state index in [0.29, 0.717) is 0 Å².